The summed E-state index contributed by atoms with van der Waals surface area (Å²) in [6.07, 6.45) is 5.74. The Balaban J connectivity index is 1.77. The normalized spacial score (nSPS) is 16.0. The number of carbonyl (C=O) groups excluding carboxylic acids is 1. The second-order valence-corrected chi connectivity index (χ2v) is 9.57. The minimum Gasteiger partial charge on any atom is -0.349 e. The lowest BCUT2D eigenvalue weighted by Gasteiger charge is -2.29. The van der Waals surface area contributed by atoms with Crippen molar-refractivity contribution >= 4 is 29.3 Å². The second-order valence-electron chi connectivity index (χ2n) is 8.39. The summed E-state index contributed by atoms with van der Waals surface area (Å²) in [7, 11) is 0. The molecule has 1 fully saturated rings. The van der Waals surface area contributed by atoms with E-state index in [1.807, 2.05) is 6.26 Å². The molecule has 1 N–H and O–H groups in total. The van der Waals surface area contributed by atoms with Gasteiger partial charge in [-0.05, 0) is 48.7 Å². The molecule has 1 aliphatic heterocycles. The van der Waals surface area contributed by atoms with Gasteiger partial charge in [0.05, 0.1) is 17.3 Å². The molecule has 7 heteroatoms. The molecule has 1 amide bonds. The van der Waals surface area contributed by atoms with Crippen LogP contribution in [0.25, 0.3) is 0 Å². The average molecular weight is 433 g/mol. The molecule has 0 aliphatic carbocycles. The van der Waals surface area contributed by atoms with Crippen molar-refractivity contribution in [2.24, 2.45) is 0 Å². The standard InChI is InChI=1S/C22H29ClN4OS/c1-22(2,3)16-9-7-15(8-10-16)18(27-11-5-6-12-27)14-24-20(28)19-17(23)13-25-21(26-19)29-4/h7-10,13,18H,5-6,11-12,14H2,1-4H3,(H,24,28)/t18-/m1/s1. The van der Waals surface area contributed by atoms with Crippen LogP contribution in [-0.2, 0) is 5.41 Å². The van der Waals surface area contributed by atoms with E-state index in [0.717, 1.165) is 13.1 Å². The zero-order valence-corrected chi connectivity index (χ0v) is 19.1. The van der Waals surface area contributed by atoms with Gasteiger partial charge in [0.25, 0.3) is 5.91 Å². The van der Waals surface area contributed by atoms with Gasteiger partial charge < -0.3 is 5.32 Å². The first kappa shape index (κ1) is 22.1. The monoisotopic (exact) mass is 432 g/mol. The molecule has 1 aromatic heterocycles. The Morgan fingerprint density at radius 3 is 2.48 bits per heavy atom. The molecule has 29 heavy (non-hydrogen) atoms. The van der Waals surface area contributed by atoms with Crippen LogP contribution in [0.2, 0.25) is 5.02 Å². The topological polar surface area (TPSA) is 58.1 Å². The molecule has 3 rings (SSSR count). The Bertz CT molecular complexity index is 845. The van der Waals surface area contributed by atoms with Crippen molar-refractivity contribution < 1.29 is 4.79 Å². The number of halogens is 1. The molecule has 1 aromatic carbocycles. The van der Waals surface area contributed by atoms with Gasteiger partial charge in [-0.3, -0.25) is 9.69 Å². The van der Waals surface area contributed by atoms with Crippen LogP contribution in [-0.4, -0.2) is 46.7 Å². The summed E-state index contributed by atoms with van der Waals surface area (Å²) in [5.41, 5.74) is 2.88. The molecule has 156 valence electrons. The number of thioether (sulfide) groups is 1. The predicted octanol–water partition coefficient (Wildman–Crippen LogP) is 4.72. The molecule has 0 bridgehead atoms. The minimum atomic E-state index is -0.261. The fourth-order valence-electron chi connectivity index (χ4n) is 3.60. The van der Waals surface area contributed by atoms with Crippen LogP contribution in [0.1, 0.15) is 61.3 Å². The summed E-state index contributed by atoms with van der Waals surface area (Å²) in [6.45, 7) is 9.26. The Morgan fingerprint density at radius 1 is 1.24 bits per heavy atom. The van der Waals surface area contributed by atoms with Gasteiger partial charge in [-0.1, -0.05) is 68.4 Å². The van der Waals surface area contributed by atoms with Crippen molar-refractivity contribution in [1.29, 1.82) is 0 Å². The van der Waals surface area contributed by atoms with Crippen LogP contribution >= 0.6 is 23.4 Å². The smallest absolute Gasteiger partial charge is 0.271 e. The van der Waals surface area contributed by atoms with E-state index in [9.17, 15) is 4.79 Å². The number of rotatable bonds is 6. The Labute approximate surface area is 182 Å². The molecule has 1 saturated heterocycles. The number of hydrogen-bond donors (Lipinski definition) is 1. The second kappa shape index (κ2) is 9.45. The van der Waals surface area contributed by atoms with E-state index in [4.69, 9.17) is 11.6 Å². The lowest BCUT2D eigenvalue weighted by atomic mass is 9.86. The third-order valence-electron chi connectivity index (χ3n) is 5.32. The van der Waals surface area contributed by atoms with E-state index < -0.39 is 0 Å². The SMILES string of the molecule is CSc1ncc(Cl)c(C(=O)NC[C@H](c2ccc(C(C)(C)C)cc2)N2CCCC2)n1. The molecule has 0 saturated carbocycles. The van der Waals surface area contributed by atoms with E-state index in [1.165, 1.54) is 41.9 Å². The van der Waals surface area contributed by atoms with Gasteiger partial charge >= 0.3 is 0 Å². The summed E-state index contributed by atoms with van der Waals surface area (Å²) in [5.74, 6) is -0.261. The third kappa shape index (κ3) is 5.50. The molecule has 1 atom stereocenters. The van der Waals surface area contributed by atoms with Gasteiger partial charge in [0.1, 0.15) is 0 Å². The molecular formula is C22H29ClN4OS. The van der Waals surface area contributed by atoms with Crippen LogP contribution in [0.3, 0.4) is 0 Å². The molecule has 0 radical (unpaired) electrons. The molecule has 0 spiro atoms. The first-order chi connectivity index (χ1) is 13.8. The number of carbonyl (C=O) groups is 1. The summed E-state index contributed by atoms with van der Waals surface area (Å²) in [6, 6.07) is 8.92. The van der Waals surface area contributed by atoms with Gasteiger partial charge in [-0.15, -0.1) is 0 Å². The van der Waals surface area contributed by atoms with E-state index in [1.54, 1.807) is 0 Å². The third-order valence-corrected chi connectivity index (χ3v) is 6.16. The van der Waals surface area contributed by atoms with Crippen molar-refractivity contribution in [3.63, 3.8) is 0 Å². The number of aromatic nitrogens is 2. The molecule has 0 unspecified atom stereocenters. The van der Waals surface area contributed by atoms with Gasteiger partial charge in [0, 0.05) is 6.54 Å². The van der Waals surface area contributed by atoms with Crippen molar-refractivity contribution in [2.75, 3.05) is 25.9 Å². The highest BCUT2D eigenvalue weighted by Crippen LogP contribution is 2.28. The van der Waals surface area contributed by atoms with Crippen molar-refractivity contribution in [1.82, 2.24) is 20.2 Å². The van der Waals surface area contributed by atoms with E-state index in [0.29, 0.717) is 11.7 Å². The predicted molar refractivity (Wildman–Crippen MR) is 120 cm³/mol. The molecule has 1 aliphatic rings. The maximum absolute atomic E-state index is 12.8. The van der Waals surface area contributed by atoms with Crippen LogP contribution in [0, 0.1) is 0 Å². The number of nitrogens with one attached hydrogen (secondary N) is 1. The zero-order valence-electron chi connectivity index (χ0n) is 17.5. The van der Waals surface area contributed by atoms with E-state index in [2.05, 4.69) is 65.2 Å². The first-order valence-corrected chi connectivity index (χ1v) is 11.6. The van der Waals surface area contributed by atoms with Crippen molar-refractivity contribution in [2.45, 2.75) is 50.2 Å². The average Bonchev–Trinajstić information content (AvgIpc) is 3.22. The van der Waals surface area contributed by atoms with Crippen LogP contribution < -0.4 is 5.32 Å². The summed E-state index contributed by atoms with van der Waals surface area (Å²) < 4.78 is 0. The summed E-state index contributed by atoms with van der Waals surface area (Å²) in [5, 5.41) is 3.85. The Kier molecular flexibility index (Phi) is 7.19. The number of benzene rings is 1. The Morgan fingerprint density at radius 2 is 1.90 bits per heavy atom. The lowest BCUT2D eigenvalue weighted by molar-refractivity contribution is 0.0932. The quantitative estimate of drug-likeness (QED) is 0.528. The number of amides is 1. The molecule has 2 heterocycles. The highest BCUT2D eigenvalue weighted by molar-refractivity contribution is 7.98. The van der Waals surface area contributed by atoms with E-state index >= 15 is 0 Å². The van der Waals surface area contributed by atoms with Crippen LogP contribution in [0.15, 0.2) is 35.6 Å². The van der Waals surface area contributed by atoms with Crippen LogP contribution in [0.5, 0.6) is 0 Å². The van der Waals surface area contributed by atoms with Crippen molar-refractivity contribution in [3.8, 4) is 0 Å². The first-order valence-electron chi connectivity index (χ1n) is 9.99. The molecule has 5 nitrogen and oxygen atoms in total. The number of hydrogen-bond acceptors (Lipinski definition) is 5. The fraction of sp³-hybridized carbons (Fsp3) is 0.500. The van der Waals surface area contributed by atoms with E-state index in [-0.39, 0.29) is 28.1 Å². The highest BCUT2D eigenvalue weighted by atomic mass is 35.5. The Hall–Kier alpha value is -1.63. The number of nitrogens with zero attached hydrogens (tertiary/aromatic N) is 3. The van der Waals surface area contributed by atoms with Gasteiger partial charge in [-0.2, -0.15) is 0 Å². The van der Waals surface area contributed by atoms with Gasteiger partial charge in [-0.25, -0.2) is 9.97 Å². The summed E-state index contributed by atoms with van der Waals surface area (Å²) >= 11 is 7.55. The van der Waals surface area contributed by atoms with Gasteiger partial charge in [0.15, 0.2) is 10.9 Å². The van der Waals surface area contributed by atoms with Gasteiger partial charge in [0.2, 0.25) is 0 Å². The summed E-state index contributed by atoms with van der Waals surface area (Å²) in [4.78, 5) is 23.6. The maximum atomic E-state index is 12.8. The zero-order chi connectivity index (χ0) is 21.0. The lowest BCUT2D eigenvalue weighted by Crippen LogP contribution is -2.37. The van der Waals surface area contributed by atoms with Crippen molar-refractivity contribution in [3.05, 3.63) is 52.3 Å². The highest BCUT2D eigenvalue weighted by Gasteiger charge is 2.25. The number of likely N-dealkylation sites (tertiary alicyclic amines) is 1. The fourth-order valence-corrected chi connectivity index (χ4v) is 4.12. The maximum Gasteiger partial charge on any atom is 0.271 e. The molecular weight excluding hydrogens is 404 g/mol. The van der Waals surface area contributed by atoms with Crippen LogP contribution in [0.4, 0.5) is 0 Å². The minimum absolute atomic E-state index is 0.120. The molecule has 2 aromatic rings. The largest absolute Gasteiger partial charge is 0.349 e.